The fraction of sp³-hybridized carbons (Fsp3) is 0.357. The lowest BCUT2D eigenvalue weighted by molar-refractivity contribution is -1.00. The molecule has 3 aromatic rings. The van der Waals surface area contributed by atoms with Crippen molar-refractivity contribution in [3.8, 4) is 17.2 Å². The molecule has 0 atom stereocenters. The molecular weight excluding hydrogens is 483 g/mol. The number of nitrogens with one attached hydrogen (secondary N) is 2. The largest absolute Gasteiger partial charge is 1.00 e. The van der Waals surface area contributed by atoms with Crippen LogP contribution in [0.15, 0.2) is 72.8 Å². The maximum Gasteiger partial charge on any atom is 0.157 e. The minimum Gasteiger partial charge on any atom is -1.00 e. The van der Waals surface area contributed by atoms with Crippen molar-refractivity contribution in [1.29, 1.82) is 0 Å². The van der Waals surface area contributed by atoms with Gasteiger partial charge in [0.05, 0.1) is 7.11 Å². The van der Waals surface area contributed by atoms with Crippen LogP contribution in [-0.4, -0.2) is 52.5 Å². The van der Waals surface area contributed by atoms with E-state index in [0.29, 0.717) is 13.2 Å². The predicted octanol–water partition coefficient (Wildman–Crippen LogP) is -3.74. The summed E-state index contributed by atoms with van der Waals surface area (Å²) in [6.07, 6.45) is 0. The van der Waals surface area contributed by atoms with Crippen molar-refractivity contribution in [2.45, 2.75) is 19.9 Å². The van der Waals surface area contributed by atoms with Crippen LogP contribution in [0.25, 0.3) is 0 Å². The number of benzene rings is 3. The summed E-state index contributed by atoms with van der Waals surface area (Å²) in [7, 11) is 1.73. The molecule has 0 bridgehead atoms. The first kappa shape index (κ1) is 28.8. The third-order valence-corrected chi connectivity index (χ3v) is 6.50. The molecule has 1 aliphatic heterocycles. The highest BCUT2D eigenvalue weighted by Crippen LogP contribution is 2.15. The smallest absolute Gasteiger partial charge is 0.157 e. The average molecular weight is 520 g/mol. The van der Waals surface area contributed by atoms with Gasteiger partial charge in [0.2, 0.25) is 0 Å². The van der Waals surface area contributed by atoms with Crippen LogP contribution in [0.4, 0.5) is 5.69 Å². The van der Waals surface area contributed by atoms with Gasteiger partial charge in [-0.1, -0.05) is 41.5 Å². The second kappa shape index (κ2) is 14.2. The Bertz CT molecular complexity index is 958. The van der Waals surface area contributed by atoms with Gasteiger partial charge < -0.3 is 43.9 Å². The van der Waals surface area contributed by atoms with Crippen molar-refractivity contribution in [2.75, 3.05) is 46.5 Å². The van der Waals surface area contributed by atoms with Crippen LogP contribution in [0.2, 0.25) is 0 Å². The molecule has 0 unspecified atom stereocenters. The van der Waals surface area contributed by atoms with Crippen LogP contribution in [0, 0.1) is 13.8 Å². The molecule has 5 nitrogen and oxygen atoms in total. The number of ether oxygens (including phenoxy) is 3. The molecule has 0 aliphatic carbocycles. The normalized spacial score (nSPS) is 17.1. The van der Waals surface area contributed by atoms with Gasteiger partial charge in [-0.3, -0.25) is 4.90 Å². The first-order chi connectivity index (χ1) is 16.1. The topological polar surface area (TPSA) is 36.6 Å². The molecular formula is C28H36Cl2N2O3. The SMILES string of the molecule is COc1cccc([NH+]2CC[NH+](C(COc3ccc(C)cc3)COc3ccc(C)cc3)CC2)c1.[Cl-].[Cl-]. The van der Waals surface area contributed by atoms with E-state index in [1.807, 2.05) is 30.3 Å². The van der Waals surface area contributed by atoms with E-state index in [1.165, 1.54) is 21.7 Å². The van der Waals surface area contributed by atoms with Gasteiger partial charge in [0, 0.05) is 6.07 Å². The van der Waals surface area contributed by atoms with Crippen LogP contribution < -0.4 is 48.8 Å². The summed E-state index contributed by atoms with van der Waals surface area (Å²) in [5.41, 5.74) is 3.78. The predicted molar refractivity (Wildman–Crippen MR) is 131 cm³/mol. The Balaban J connectivity index is 0.00000216. The van der Waals surface area contributed by atoms with E-state index in [2.05, 4.69) is 56.3 Å². The van der Waals surface area contributed by atoms with E-state index in [9.17, 15) is 0 Å². The minimum absolute atomic E-state index is 0. The zero-order chi connectivity index (χ0) is 23.0. The Hall–Kier alpha value is -2.44. The minimum atomic E-state index is 0. The Kier molecular flexibility index (Phi) is 11.7. The summed E-state index contributed by atoms with van der Waals surface area (Å²) in [6.45, 7) is 9.77. The van der Waals surface area contributed by atoms with Gasteiger partial charge in [0.25, 0.3) is 0 Å². The van der Waals surface area contributed by atoms with Crippen molar-refractivity contribution >= 4 is 5.69 Å². The van der Waals surface area contributed by atoms with Gasteiger partial charge in [-0.25, -0.2) is 0 Å². The molecule has 1 fully saturated rings. The molecule has 0 amide bonds. The standard InChI is InChI=1S/C28H34N2O3.2ClH/c1-22-7-11-26(12-8-22)32-20-25(21-33-27-13-9-23(2)10-14-27)30-17-15-29(16-18-30)24-5-4-6-28(19-24)31-3;;/h4-14,19,25H,15-18,20-21H2,1-3H3;2*1H. The maximum absolute atomic E-state index is 6.20. The van der Waals surface area contributed by atoms with Crippen molar-refractivity contribution in [2.24, 2.45) is 0 Å². The molecule has 7 heteroatoms. The Morgan fingerprint density at radius 1 is 0.686 bits per heavy atom. The van der Waals surface area contributed by atoms with Crippen LogP contribution in [0.1, 0.15) is 11.1 Å². The first-order valence-corrected chi connectivity index (χ1v) is 11.8. The van der Waals surface area contributed by atoms with Crippen molar-refractivity contribution in [3.63, 3.8) is 0 Å². The number of aryl methyl sites for hydroxylation is 2. The number of hydrogen-bond acceptors (Lipinski definition) is 3. The Labute approximate surface area is 221 Å². The number of hydrogen-bond donors (Lipinski definition) is 2. The summed E-state index contributed by atoms with van der Waals surface area (Å²) in [5, 5.41) is 0. The van der Waals surface area contributed by atoms with Gasteiger partial charge in [-0.15, -0.1) is 0 Å². The molecule has 2 N–H and O–H groups in total. The number of methoxy groups -OCH3 is 1. The molecule has 1 saturated heterocycles. The van der Waals surface area contributed by atoms with E-state index in [0.717, 1.165) is 43.4 Å². The summed E-state index contributed by atoms with van der Waals surface area (Å²) in [6, 6.07) is 25.3. The summed E-state index contributed by atoms with van der Waals surface area (Å²) in [5.74, 6) is 2.76. The Morgan fingerprint density at radius 3 is 1.69 bits per heavy atom. The van der Waals surface area contributed by atoms with E-state index >= 15 is 0 Å². The molecule has 1 heterocycles. The van der Waals surface area contributed by atoms with Crippen LogP contribution in [0.5, 0.6) is 17.2 Å². The summed E-state index contributed by atoms with van der Waals surface area (Å²) >= 11 is 0. The fourth-order valence-corrected chi connectivity index (χ4v) is 4.36. The third kappa shape index (κ3) is 8.32. The average Bonchev–Trinajstić information content (AvgIpc) is 2.86. The van der Waals surface area contributed by atoms with E-state index in [-0.39, 0.29) is 30.9 Å². The lowest BCUT2D eigenvalue weighted by atomic mass is 10.2. The van der Waals surface area contributed by atoms with Crippen LogP contribution in [0.3, 0.4) is 0 Å². The fourth-order valence-electron chi connectivity index (χ4n) is 4.36. The number of rotatable bonds is 9. The lowest BCUT2D eigenvalue weighted by Gasteiger charge is -2.34. The molecule has 190 valence electrons. The van der Waals surface area contributed by atoms with Gasteiger partial charge in [-0.05, 0) is 50.2 Å². The molecule has 0 aromatic heterocycles. The zero-order valence-corrected chi connectivity index (χ0v) is 22.2. The van der Waals surface area contributed by atoms with E-state index < -0.39 is 0 Å². The second-order valence-corrected chi connectivity index (χ2v) is 8.94. The van der Waals surface area contributed by atoms with E-state index in [4.69, 9.17) is 14.2 Å². The molecule has 3 aromatic carbocycles. The van der Waals surface area contributed by atoms with Gasteiger partial charge in [0.1, 0.15) is 62.3 Å². The van der Waals surface area contributed by atoms with E-state index in [1.54, 1.807) is 12.0 Å². The highest BCUT2D eigenvalue weighted by atomic mass is 35.5. The van der Waals surface area contributed by atoms with Gasteiger partial charge in [-0.2, -0.15) is 0 Å². The van der Waals surface area contributed by atoms with Gasteiger partial charge >= 0.3 is 0 Å². The van der Waals surface area contributed by atoms with Gasteiger partial charge in [0.15, 0.2) is 6.04 Å². The summed E-state index contributed by atoms with van der Waals surface area (Å²) in [4.78, 5) is 3.05. The van der Waals surface area contributed by atoms with Crippen LogP contribution in [-0.2, 0) is 0 Å². The van der Waals surface area contributed by atoms with Crippen molar-refractivity contribution in [1.82, 2.24) is 0 Å². The molecule has 0 radical (unpaired) electrons. The van der Waals surface area contributed by atoms with Crippen molar-refractivity contribution in [3.05, 3.63) is 83.9 Å². The monoisotopic (exact) mass is 518 g/mol. The summed E-state index contributed by atoms with van der Waals surface area (Å²) < 4.78 is 17.8. The molecule has 35 heavy (non-hydrogen) atoms. The molecule has 0 saturated carbocycles. The highest BCUT2D eigenvalue weighted by Gasteiger charge is 2.31. The molecule has 4 rings (SSSR count). The number of halogens is 2. The third-order valence-electron chi connectivity index (χ3n) is 6.50. The molecule has 0 spiro atoms. The van der Waals surface area contributed by atoms with Crippen molar-refractivity contribution < 1.29 is 48.8 Å². The second-order valence-electron chi connectivity index (χ2n) is 8.94. The highest BCUT2D eigenvalue weighted by molar-refractivity contribution is 5.37. The van der Waals surface area contributed by atoms with Crippen LogP contribution >= 0.6 is 0 Å². The lowest BCUT2D eigenvalue weighted by Crippen LogP contribution is -3.28. The zero-order valence-electron chi connectivity index (χ0n) is 20.7. The number of quaternary nitrogens is 2. The number of piperazine rings is 1. The maximum atomic E-state index is 6.20. The molecule has 1 aliphatic rings. The Morgan fingerprint density at radius 2 is 1.20 bits per heavy atom. The quantitative estimate of drug-likeness (QED) is 0.305. The first-order valence-electron chi connectivity index (χ1n) is 11.8.